The summed E-state index contributed by atoms with van der Waals surface area (Å²) in [6, 6.07) is 13.9. The molecule has 4 N–H and O–H groups in total. The lowest BCUT2D eigenvalue weighted by Crippen LogP contribution is -2.31. The molecule has 0 radical (unpaired) electrons. The zero-order chi connectivity index (χ0) is 23.2. The van der Waals surface area contributed by atoms with Crippen molar-refractivity contribution in [2.75, 3.05) is 24.3 Å². The van der Waals surface area contributed by atoms with Crippen LogP contribution in [0.2, 0.25) is 0 Å². The number of nitrogens with one attached hydrogen (secondary N) is 1. The Morgan fingerprint density at radius 3 is 2.76 bits per heavy atom. The van der Waals surface area contributed by atoms with Gasteiger partial charge in [-0.15, -0.1) is 0 Å². The van der Waals surface area contributed by atoms with Gasteiger partial charge in [-0.25, -0.2) is 0 Å². The van der Waals surface area contributed by atoms with Gasteiger partial charge in [-0.3, -0.25) is 9.59 Å². The number of aliphatic hydroxyl groups excluding tert-OH is 1. The lowest BCUT2D eigenvalue weighted by Gasteiger charge is -2.29. The van der Waals surface area contributed by atoms with Gasteiger partial charge < -0.3 is 30.0 Å². The van der Waals surface area contributed by atoms with E-state index in [-0.39, 0.29) is 17.8 Å². The van der Waals surface area contributed by atoms with Gasteiger partial charge in [0.15, 0.2) is 11.2 Å². The van der Waals surface area contributed by atoms with Crippen LogP contribution in [0.15, 0.2) is 75.8 Å². The van der Waals surface area contributed by atoms with Gasteiger partial charge in [-0.05, 0) is 43.2 Å². The molecule has 0 fully saturated rings. The molecule has 8 nitrogen and oxygen atoms in total. The van der Waals surface area contributed by atoms with Crippen LogP contribution in [0.3, 0.4) is 0 Å². The number of benzene rings is 2. The van der Waals surface area contributed by atoms with Crippen LogP contribution in [-0.4, -0.2) is 30.5 Å². The molecule has 2 atom stereocenters. The summed E-state index contributed by atoms with van der Waals surface area (Å²) < 4.78 is 17.3. The first kappa shape index (κ1) is 22.6. The molecule has 172 valence electrons. The Kier molecular flexibility index (Phi) is 7.07. The zero-order valence-electron chi connectivity index (χ0n) is 18.0. The molecule has 2 aromatic carbocycles. The number of allylic oxidation sites excluding steroid dienone is 1. The lowest BCUT2D eigenvalue weighted by atomic mass is 9.93. The van der Waals surface area contributed by atoms with E-state index in [0.717, 1.165) is 0 Å². The maximum Gasteiger partial charge on any atom is 0.290 e. The number of amides is 1. The molecule has 0 saturated carbocycles. The van der Waals surface area contributed by atoms with Gasteiger partial charge in [0, 0.05) is 24.5 Å². The van der Waals surface area contributed by atoms with Crippen LogP contribution in [-0.2, 0) is 14.3 Å². The van der Waals surface area contributed by atoms with E-state index in [1.54, 1.807) is 54.6 Å². The summed E-state index contributed by atoms with van der Waals surface area (Å²) in [4.78, 5) is 26.1. The molecule has 0 spiro atoms. The molecule has 8 heteroatoms. The molecule has 1 aromatic heterocycles. The number of fused-ring (bicyclic) bond motifs is 1. The van der Waals surface area contributed by atoms with Crippen LogP contribution in [0.25, 0.3) is 11.0 Å². The predicted octanol–water partition coefficient (Wildman–Crippen LogP) is 3.52. The van der Waals surface area contributed by atoms with Crippen molar-refractivity contribution in [3.8, 4) is 0 Å². The monoisotopic (exact) mass is 450 g/mol. The molecule has 1 amide bonds. The lowest BCUT2D eigenvalue weighted by molar-refractivity contribution is -0.143. The highest BCUT2D eigenvalue weighted by Crippen LogP contribution is 2.32. The van der Waals surface area contributed by atoms with E-state index in [1.807, 2.05) is 0 Å². The normalized spacial score (nSPS) is 17.9. The van der Waals surface area contributed by atoms with Gasteiger partial charge in [0.05, 0.1) is 29.6 Å². The average Bonchev–Trinajstić information content (AvgIpc) is 2.83. The van der Waals surface area contributed by atoms with Crippen molar-refractivity contribution >= 4 is 28.3 Å². The number of hydrogen-bond acceptors (Lipinski definition) is 7. The van der Waals surface area contributed by atoms with Gasteiger partial charge in [-0.1, -0.05) is 24.3 Å². The van der Waals surface area contributed by atoms with Crippen molar-refractivity contribution < 1.29 is 23.8 Å². The average molecular weight is 450 g/mol. The first-order valence-electron chi connectivity index (χ1n) is 10.8. The topological polar surface area (TPSA) is 124 Å². The standard InChI is InChI=1S/C25H26N2O6/c26-19-8-2-3-9-20(19)27-25(30)22-13-16(14-23(33-22)31-12-6-5-11-28)18-15-32-21-10-4-1-7-17(21)24(18)29/h1-4,7-10,13,15-16,23,28H,5-6,11-12,14,26H2,(H,27,30)/t16-,23+/m1/s1. The third kappa shape index (κ3) is 5.24. The highest BCUT2D eigenvalue weighted by Gasteiger charge is 2.31. The van der Waals surface area contributed by atoms with Gasteiger partial charge in [-0.2, -0.15) is 0 Å². The van der Waals surface area contributed by atoms with E-state index in [9.17, 15) is 9.59 Å². The number of nitrogen functional groups attached to an aromatic ring is 1. The number of nitrogens with two attached hydrogens (primary N) is 1. The zero-order valence-corrected chi connectivity index (χ0v) is 18.0. The van der Waals surface area contributed by atoms with Gasteiger partial charge in [0.2, 0.25) is 6.29 Å². The van der Waals surface area contributed by atoms with Gasteiger partial charge >= 0.3 is 0 Å². The summed E-state index contributed by atoms with van der Waals surface area (Å²) in [5, 5.41) is 12.2. The van der Waals surface area contributed by atoms with Gasteiger partial charge in [0.1, 0.15) is 5.58 Å². The van der Waals surface area contributed by atoms with Crippen molar-refractivity contribution in [1.29, 1.82) is 0 Å². The van der Waals surface area contributed by atoms with E-state index in [0.29, 0.717) is 53.8 Å². The van der Waals surface area contributed by atoms with Crippen LogP contribution in [0.1, 0.15) is 30.7 Å². The van der Waals surface area contributed by atoms with Gasteiger partial charge in [0.25, 0.3) is 5.91 Å². The largest absolute Gasteiger partial charge is 0.464 e. The molecular formula is C25H26N2O6. The van der Waals surface area contributed by atoms with Crippen molar-refractivity contribution in [2.24, 2.45) is 0 Å². The minimum Gasteiger partial charge on any atom is -0.464 e. The second-order valence-electron chi connectivity index (χ2n) is 7.78. The van der Waals surface area contributed by atoms with Crippen molar-refractivity contribution in [3.05, 3.63) is 82.4 Å². The predicted molar refractivity (Wildman–Crippen MR) is 125 cm³/mol. The Morgan fingerprint density at radius 1 is 1.15 bits per heavy atom. The number of anilines is 2. The molecule has 0 aliphatic carbocycles. The van der Waals surface area contributed by atoms with Crippen LogP contribution in [0, 0.1) is 0 Å². The summed E-state index contributed by atoms with van der Waals surface area (Å²) in [6.07, 6.45) is 3.89. The maximum absolute atomic E-state index is 13.1. The van der Waals surface area contributed by atoms with E-state index >= 15 is 0 Å². The molecule has 0 saturated heterocycles. The fourth-order valence-corrected chi connectivity index (χ4v) is 3.71. The molecule has 1 aliphatic heterocycles. The minimum atomic E-state index is -0.738. The Morgan fingerprint density at radius 2 is 1.94 bits per heavy atom. The van der Waals surface area contributed by atoms with Crippen LogP contribution >= 0.6 is 0 Å². The summed E-state index contributed by atoms with van der Waals surface area (Å²) in [6.45, 7) is 0.423. The Hall–Kier alpha value is -3.62. The molecule has 3 aromatic rings. The molecule has 1 aliphatic rings. The number of carbonyl (C=O) groups is 1. The highest BCUT2D eigenvalue weighted by atomic mass is 16.7. The first-order valence-corrected chi connectivity index (χ1v) is 10.8. The molecule has 0 unspecified atom stereocenters. The molecule has 4 rings (SSSR count). The van der Waals surface area contributed by atoms with Crippen LogP contribution in [0.4, 0.5) is 11.4 Å². The fraction of sp³-hybridized carbons (Fsp3) is 0.280. The van der Waals surface area contributed by atoms with Crippen molar-refractivity contribution in [3.63, 3.8) is 0 Å². The smallest absolute Gasteiger partial charge is 0.290 e. The summed E-state index contributed by atoms with van der Waals surface area (Å²) >= 11 is 0. The number of rotatable bonds is 8. The van der Waals surface area contributed by atoms with E-state index in [2.05, 4.69) is 5.32 Å². The summed E-state index contributed by atoms with van der Waals surface area (Å²) in [5.41, 5.74) is 7.57. The third-order valence-electron chi connectivity index (χ3n) is 5.45. The SMILES string of the molecule is Nc1ccccc1NC(=O)C1=C[C@@H](c2coc3ccccc3c2=O)C[C@@H](OCCCCO)O1. The number of unbranched alkanes of at least 4 members (excludes halogenated alkanes) is 1. The second-order valence-corrected chi connectivity index (χ2v) is 7.78. The molecule has 33 heavy (non-hydrogen) atoms. The van der Waals surface area contributed by atoms with E-state index < -0.39 is 18.1 Å². The Labute approximate surface area is 190 Å². The van der Waals surface area contributed by atoms with Crippen LogP contribution < -0.4 is 16.5 Å². The second kappa shape index (κ2) is 10.3. The van der Waals surface area contributed by atoms with Crippen molar-refractivity contribution in [1.82, 2.24) is 0 Å². The molecule has 2 heterocycles. The van der Waals surface area contributed by atoms with E-state index in [1.165, 1.54) is 6.26 Å². The number of carbonyl (C=O) groups excluding carboxylic acids is 1. The molecule has 0 bridgehead atoms. The number of aliphatic hydroxyl groups is 1. The maximum atomic E-state index is 13.1. The number of hydrogen-bond donors (Lipinski definition) is 3. The van der Waals surface area contributed by atoms with Crippen LogP contribution in [0.5, 0.6) is 0 Å². The molecular weight excluding hydrogens is 424 g/mol. The Bertz CT molecular complexity index is 1220. The minimum absolute atomic E-state index is 0.0363. The van der Waals surface area contributed by atoms with E-state index in [4.69, 9.17) is 24.7 Å². The highest BCUT2D eigenvalue weighted by molar-refractivity contribution is 6.04. The first-order chi connectivity index (χ1) is 16.1. The Balaban J connectivity index is 1.63. The third-order valence-corrected chi connectivity index (χ3v) is 5.45. The fourth-order valence-electron chi connectivity index (χ4n) is 3.71. The number of para-hydroxylation sites is 3. The summed E-state index contributed by atoms with van der Waals surface area (Å²) in [5.74, 6) is -0.905. The number of ether oxygens (including phenoxy) is 2. The van der Waals surface area contributed by atoms with Crippen molar-refractivity contribution in [2.45, 2.75) is 31.5 Å². The quantitative estimate of drug-likeness (QED) is 0.354. The summed E-state index contributed by atoms with van der Waals surface area (Å²) in [7, 11) is 0.